The van der Waals surface area contributed by atoms with Gasteiger partial charge in [0.2, 0.25) is 0 Å². The van der Waals surface area contributed by atoms with Gasteiger partial charge in [0, 0.05) is 17.5 Å². The molecule has 0 aliphatic carbocycles. The number of fused-ring (bicyclic) bond motifs is 1. The molecule has 2 rings (SSSR count). The summed E-state index contributed by atoms with van der Waals surface area (Å²) in [6, 6.07) is 8.16. The molecule has 1 unspecified atom stereocenters. The normalized spacial score (nSPS) is 13.2. The van der Waals surface area contributed by atoms with Gasteiger partial charge in [-0.15, -0.1) is 0 Å². The minimum atomic E-state index is 0.255. The molecule has 1 atom stereocenters. The van der Waals surface area contributed by atoms with Crippen LogP contribution in [0.4, 0.5) is 0 Å². The molecule has 0 spiro atoms. The average Bonchev–Trinajstić information content (AvgIpc) is 2.75. The predicted molar refractivity (Wildman–Crippen MR) is 82.7 cm³/mol. The molecular weight excluding hydrogens is 250 g/mol. The van der Waals surface area contributed by atoms with Gasteiger partial charge >= 0.3 is 0 Å². The highest BCUT2D eigenvalue weighted by Gasteiger charge is 2.14. The lowest BCUT2D eigenvalue weighted by Crippen LogP contribution is -2.12. The lowest BCUT2D eigenvalue weighted by molar-refractivity contribution is 0.0305. The first-order valence-corrected chi connectivity index (χ1v) is 7.37. The molecule has 2 aromatic rings. The molecule has 0 bridgehead atoms. The van der Waals surface area contributed by atoms with Crippen molar-refractivity contribution in [3.05, 3.63) is 35.6 Å². The Labute approximate surface area is 121 Å². The van der Waals surface area contributed by atoms with Crippen molar-refractivity contribution in [2.24, 2.45) is 5.92 Å². The Kier molecular flexibility index (Phi) is 5.21. The largest absolute Gasteiger partial charge is 0.458 e. The maximum Gasteiger partial charge on any atom is 0.135 e. The van der Waals surface area contributed by atoms with E-state index in [1.807, 2.05) is 25.2 Å². The Morgan fingerprint density at radius 3 is 2.65 bits per heavy atom. The van der Waals surface area contributed by atoms with Crippen molar-refractivity contribution in [3.8, 4) is 0 Å². The highest BCUT2D eigenvalue weighted by molar-refractivity contribution is 5.82. The fourth-order valence-electron chi connectivity index (χ4n) is 2.59. The van der Waals surface area contributed by atoms with Crippen molar-refractivity contribution < 1.29 is 9.15 Å². The molecule has 0 aliphatic rings. The standard InChI is InChI=1S/C17H25NO2/c1-12(2)9-13(3)19-11-17-15(10-18-4)14-7-5-6-8-16(14)20-17/h5-8,12-13,18H,9-11H2,1-4H3. The van der Waals surface area contributed by atoms with Crippen molar-refractivity contribution in [1.82, 2.24) is 5.32 Å². The van der Waals surface area contributed by atoms with Crippen LogP contribution < -0.4 is 5.32 Å². The zero-order valence-corrected chi connectivity index (χ0v) is 12.9. The number of nitrogens with one attached hydrogen (secondary N) is 1. The molecule has 0 amide bonds. The van der Waals surface area contributed by atoms with Gasteiger partial charge < -0.3 is 14.5 Å². The first-order chi connectivity index (χ1) is 9.61. The van der Waals surface area contributed by atoms with Gasteiger partial charge in [-0.05, 0) is 32.4 Å². The van der Waals surface area contributed by atoms with Crippen LogP contribution in [0.1, 0.15) is 38.5 Å². The van der Waals surface area contributed by atoms with Gasteiger partial charge in [-0.2, -0.15) is 0 Å². The number of rotatable bonds is 7. The number of hydrogen-bond donors (Lipinski definition) is 1. The molecule has 0 saturated heterocycles. The molecule has 1 heterocycles. The first-order valence-electron chi connectivity index (χ1n) is 7.37. The second-order valence-electron chi connectivity index (χ2n) is 5.78. The Morgan fingerprint density at radius 2 is 1.95 bits per heavy atom. The molecule has 0 saturated carbocycles. The van der Waals surface area contributed by atoms with Crippen molar-refractivity contribution in [2.75, 3.05) is 7.05 Å². The third-order valence-electron chi connectivity index (χ3n) is 3.44. The monoisotopic (exact) mass is 275 g/mol. The van der Waals surface area contributed by atoms with Gasteiger partial charge in [0.25, 0.3) is 0 Å². The average molecular weight is 275 g/mol. The van der Waals surface area contributed by atoms with E-state index in [0.29, 0.717) is 12.5 Å². The molecule has 110 valence electrons. The number of benzene rings is 1. The number of para-hydroxylation sites is 1. The number of furan rings is 1. The maximum atomic E-state index is 5.94. The van der Waals surface area contributed by atoms with E-state index in [4.69, 9.17) is 9.15 Å². The van der Waals surface area contributed by atoms with E-state index in [1.165, 1.54) is 10.9 Å². The fraction of sp³-hybridized carbons (Fsp3) is 0.529. The quantitative estimate of drug-likeness (QED) is 0.826. The molecule has 0 radical (unpaired) electrons. The van der Waals surface area contributed by atoms with E-state index < -0.39 is 0 Å². The lowest BCUT2D eigenvalue weighted by atomic mass is 10.1. The Balaban J connectivity index is 2.14. The summed E-state index contributed by atoms with van der Waals surface area (Å²) in [7, 11) is 1.95. The van der Waals surface area contributed by atoms with Crippen LogP contribution in [0.15, 0.2) is 28.7 Å². The van der Waals surface area contributed by atoms with E-state index in [2.05, 4.69) is 32.2 Å². The van der Waals surface area contributed by atoms with Gasteiger partial charge in [-0.3, -0.25) is 0 Å². The van der Waals surface area contributed by atoms with Gasteiger partial charge in [0.15, 0.2) is 0 Å². The zero-order valence-electron chi connectivity index (χ0n) is 12.9. The number of ether oxygens (including phenoxy) is 1. The molecule has 20 heavy (non-hydrogen) atoms. The smallest absolute Gasteiger partial charge is 0.135 e. The van der Waals surface area contributed by atoms with Gasteiger partial charge in [0.05, 0.1) is 6.10 Å². The van der Waals surface area contributed by atoms with Crippen LogP contribution in [0.3, 0.4) is 0 Å². The highest BCUT2D eigenvalue weighted by atomic mass is 16.5. The molecule has 0 fully saturated rings. The summed E-state index contributed by atoms with van der Waals surface area (Å²) in [6.07, 6.45) is 1.33. The number of hydrogen-bond acceptors (Lipinski definition) is 3. The Morgan fingerprint density at radius 1 is 1.20 bits per heavy atom. The van der Waals surface area contributed by atoms with Crippen LogP contribution in [0.25, 0.3) is 11.0 Å². The Bertz CT molecular complexity index is 545. The van der Waals surface area contributed by atoms with Gasteiger partial charge in [-0.25, -0.2) is 0 Å². The molecule has 3 nitrogen and oxygen atoms in total. The molecular formula is C17H25NO2. The SMILES string of the molecule is CNCc1c(COC(C)CC(C)C)oc2ccccc12. The van der Waals surface area contributed by atoms with E-state index in [0.717, 1.165) is 24.3 Å². The summed E-state index contributed by atoms with van der Waals surface area (Å²) < 4.78 is 11.9. The minimum Gasteiger partial charge on any atom is -0.458 e. The van der Waals surface area contributed by atoms with Crippen LogP contribution in [-0.4, -0.2) is 13.2 Å². The van der Waals surface area contributed by atoms with E-state index in [-0.39, 0.29) is 6.10 Å². The van der Waals surface area contributed by atoms with Crippen LogP contribution in [0, 0.1) is 5.92 Å². The van der Waals surface area contributed by atoms with Crippen molar-refractivity contribution in [1.29, 1.82) is 0 Å². The van der Waals surface area contributed by atoms with E-state index in [9.17, 15) is 0 Å². The highest BCUT2D eigenvalue weighted by Crippen LogP contribution is 2.27. The van der Waals surface area contributed by atoms with Gasteiger partial charge in [-0.1, -0.05) is 32.0 Å². The molecule has 1 N–H and O–H groups in total. The summed E-state index contributed by atoms with van der Waals surface area (Å²) in [5.41, 5.74) is 2.15. The zero-order chi connectivity index (χ0) is 14.5. The predicted octanol–water partition coefficient (Wildman–Crippen LogP) is 4.10. The van der Waals surface area contributed by atoms with Gasteiger partial charge in [0.1, 0.15) is 18.0 Å². The molecule has 1 aromatic carbocycles. The third-order valence-corrected chi connectivity index (χ3v) is 3.44. The van der Waals surface area contributed by atoms with Crippen molar-refractivity contribution >= 4 is 11.0 Å². The second-order valence-corrected chi connectivity index (χ2v) is 5.78. The molecule has 3 heteroatoms. The summed E-state index contributed by atoms with van der Waals surface area (Å²) in [5, 5.41) is 4.38. The second kappa shape index (κ2) is 6.91. The molecule has 1 aromatic heterocycles. The first kappa shape index (κ1) is 15.1. The minimum absolute atomic E-state index is 0.255. The summed E-state index contributed by atoms with van der Waals surface area (Å²) in [5.74, 6) is 1.59. The van der Waals surface area contributed by atoms with Crippen LogP contribution in [0.5, 0.6) is 0 Å². The maximum absolute atomic E-state index is 5.94. The summed E-state index contributed by atoms with van der Waals surface area (Å²) in [4.78, 5) is 0. The van der Waals surface area contributed by atoms with E-state index >= 15 is 0 Å². The van der Waals surface area contributed by atoms with Crippen LogP contribution in [-0.2, 0) is 17.9 Å². The topological polar surface area (TPSA) is 34.4 Å². The van der Waals surface area contributed by atoms with Crippen LogP contribution >= 0.6 is 0 Å². The third kappa shape index (κ3) is 3.62. The Hall–Kier alpha value is -1.32. The fourth-order valence-corrected chi connectivity index (χ4v) is 2.59. The summed E-state index contributed by atoms with van der Waals surface area (Å²) >= 11 is 0. The molecule has 0 aliphatic heterocycles. The summed E-state index contributed by atoms with van der Waals surface area (Å²) in [6.45, 7) is 7.90. The van der Waals surface area contributed by atoms with Crippen molar-refractivity contribution in [2.45, 2.75) is 46.4 Å². The van der Waals surface area contributed by atoms with E-state index in [1.54, 1.807) is 0 Å². The lowest BCUT2D eigenvalue weighted by Gasteiger charge is -2.14. The van der Waals surface area contributed by atoms with Crippen molar-refractivity contribution in [3.63, 3.8) is 0 Å². The van der Waals surface area contributed by atoms with Crippen LogP contribution in [0.2, 0.25) is 0 Å².